The Morgan fingerprint density at radius 1 is 1.05 bits per heavy atom. The van der Waals surface area contributed by atoms with Crippen LogP contribution in [0, 0.1) is 0 Å². The van der Waals surface area contributed by atoms with Crippen LogP contribution < -0.4 is 0 Å². The second kappa shape index (κ2) is 5.84. The second-order valence-electron chi connectivity index (χ2n) is 5.01. The van der Waals surface area contributed by atoms with Gasteiger partial charge in [0.05, 0.1) is 6.26 Å². The lowest BCUT2D eigenvalue weighted by Crippen LogP contribution is -1.97. The Morgan fingerprint density at radius 3 is 2.65 bits per heavy atom. The van der Waals surface area contributed by atoms with Crippen molar-refractivity contribution in [3.8, 4) is 0 Å². The van der Waals surface area contributed by atoms with Crippen LogP contribution in [-0.2, 0) is 12.8 Å². The van der Waals surface area contributed by atoms with Gasteiger partial charge in [-0.05, 0) is 28.8 Å². The molecule has 0 amide bonds. The van der Waals surface area contributed by atoms with E-state index < -0.39 is 0 Å². The fourth-order valence-electron chi connectivity index (χ4n) is 2.60. The number of aryl methyl sites for hydroxylation is 1. The van der Waals surface area contributed by atoms with Crippen LogP contribution in [-0.4, -0.2) is 0 Å². The van der Waals surface area contributed by atoms with Gasteiger partial charge >= 0.3 is 0 Å². The zero-order chi connectivity index (χ0) is 13.9. The van der Waals surface area contributed by atoms with Crippen LogP contribution in [0.25, 0.3) is 10.8 Å². The highest BCUT2D eigenvalue weighted by molar-refractivity contribution is 9.09. The quantitative estimate of drug-likeness (QED) is 0.562. The summed E-state index contributed by atoms with van der Waals surface area (Å²) in [4.78, 5) is 0.303. The molecule has 0 aliphatic rings. The highest BCUT2D eigenvalue weighted by Gasteiger charge is 2.14. The third-order valence-corrected chi connectivity index (χ3v) is 4.48. The summed E-state index contributed by atoms with van der Waals surface area (Å²) >= 11 is 3.80. The van der Waals surface area contributed by atoms with Gasteiger partial charge in [0, 0.05) is 16.8 Å². The van der Waals surface area contributed by atoms with Gasteiger partial charge in [0.15, 0.2) is 0 Å². The minimum absolute atomic E-state index is 0.303. The smallest absolute Gasteiger partial charge is 0.107 e. The van der Waals surface area contributed by atoms with Crippen LogP contribution in [0.5, 0.6) is 0 Å². The van der Waals surface area contributed by atoms with Crippen molar-refractivity contribution < 1.29 is 4.42 Å². The predicted octanol–water partition coefficient (Wildman–Crippen LogP) is 5.67. The number of hydrogen-bond donors (Lipinski definition) is 0. The molecular formula is C18H17BrO. The van der Waals surface area contributed by atoms with E-state index >= 15 is 0 Å². The van der Waals surface area contributed by atoms with Crippen LogP contribution >= 0.6 is 15.9 Å². The molecule has 102 valence electrons. The zero-order valence-corrected chi connectivity index (χ0v) is 13.1. The number of fused-ring (bicyclic) bond motifs is 1. The van der Waals surface area contributed by atoms with Gasteiger partial charge in [0.2, 0.25) is 0 Å². The summed E-state index contributed by atoms with van der Waals surface area (Å²) < 4.78 is 5.51. The Balaban J connectivity index is 1.85. The molecule has 1 heterocycles. The van der Waals surface area contributed by atoms with Crippen molar-refractivity contribution in [2.75, 3.05) is 0 Å². The van der Waals surface area contributed by atoms with Crippen molar-refractivity contribution >= 4 is 26.7 Å². The van der Waals surface area contributed by atoms with E-state index in [1.807, 2.05) is 0 Å². The normalized spacial score (nSPS) is 12.7. The van der Waals surface area contributed by atoms with E-state index in [0.717, 1.165) is 18.6 Å². The average Bonchev–Trinajstić information content (AvgIpc) is 2.95. The molecule has 0 saturated heterocycles. The van der Waals surface area contributed by atoms with Crippen molar-refractivity contribution in [2.24, 2.45) is 0 Å². The molecule has 0 fully saturated rings. The Morgan fingerprint density at radius 2 is 1.85 bits per heavy atom. The first-order chi connectivity index (χ1) is 9.78. The average molecular weight is 329 g/mol. The molecule has 0 saturated carbocycles. The van der Waals surface area contributed by atoms with Crippen LogP contribution in [0.2, 0.25) is 0 Å². The summed E-state index contributed by atoms with van der Waals surface area (Å²) in [5, 5.41) is 2.59. The Labute approximate surface area is 127 Å². The molecule has 3 aromatic rings. The molecule has 3 rings (SSSR count). The van der Waals surface area contributed by atoms with E-state index in [9.17, 15) is 0 Å². The van der Waals surface area contributed by atoms with Gasteiger partial charge in [-0.15, -0.1) is 0 Å². The Hall–Kier alpha value is -1.54. The van der Waals surface area contributed by atoms with Gasteiger partial charge in [-0.1, -0.05) is 65.3 Å². The maximum atomic E-state index is 5.51. The van der Waals surface area contributed by atoms with Crippen LogP contribution in [0.15, 0.2) is 59.2 Å². The molecule has 0 bridgehead atoms. The molecule has 20 heavy (non-hydrogen) atoms. The fourth-order valence-corrected chi connectivity index (χ4v) is 3.38. The Bertz CT molecular complexity index is 714. The molecule has 0 spiro atoms. The van der Waals surface area contributed by atoms with Gasteiger partial charge in [-0.2, -0.15) is 0 Å². The van der Waals surface area contributed by atoms with Gasteiger partial charge in [-0.25, -0.2) is 0 Å². The first-order valence-electron chi connectivity index (χ1n) is 6.96. The second-order valence-corrected chi connectivity index (χ2v) is 6.11. The van der Waals surface area contributed by atoms with Crippen molar-refractivity contribution in [1.29, 1.82) is 0 Å². The van der Waals surface area contributed by atoms with Crippen molar-refractivity contribution in [3.05, 3.63) is 71.7 Å². The number of furan rings is 1. The van der Waals surface area contributed by atoms with Gasteiger partial charge < -0.3 is 4.42 Å². The monoisotopic (exact) mass is 328 g/mol. The van der Waals surface area contributed by atoms with Crippen LogP contribution in [0.1, 0.15) is 28.6 Å². The summed E-state index contributed by atoms with van der Waals surface area (Å²) in [6, 6.07) is 17.2. The highest BCUT2D eigenvalue weighted by Crippen LogP contribution is 2.31. The van der Waals surface area contributed by atoms with Gasteiger partial charge in [-0.3, -0.25) is 0 Å². The summed E-state index contributed by atoms with van der Waals surface area (Å²) in [6.07, 6.45) is 3.68. The maximum absolute atomic E-state index is 5.51. The molecule has 1 atom stereocenters. The molecule has 0 radical (unpaired) electrons. The topological polar surface area (TPSA) is 13.1 Å². The lowest BCUT2D eigenvalue weighted by Gasteiger charge is -2.10. The molecule has 2 aromatic carbocycles. The molecule has 0 N–H and O–H groups in total. The molecule has 1 aromatic heterocycles. The first-order valence-corrected chi connectivity index (χ1v) is 7.87. The van der Waals surface area contributed by atoms with E-state index in [1.165, 1.54) is 21.9 Å². The van der Waals surface area contributed by atoms with Crippen LogP contribution in [0.4, 0.5) is 0 Å². The highest BCUT2D eigenvalue weighted by atomic mass is 79.9. The van der Waals surface area contributed by atoms with E-state index in [1.54, 1.807) is 6.26 Å². The van der Waals surface area contributed by atoms with Gasteiger partial charge in [0.1, 0.15) is 5.76 Å². The number of benzene rings is 2. The summed E-state index contributed by atoms with van der Waals surface area (Å²) in [6.45, 7) is 2.12. The summed E-state index contributed by atoms with van der Waals surface area (Å²) in [7, 11) is 0. The number of hydrogen-bond acceptors (Lipinski definition) is 1. The molecule has 1 nitrogen and oxygen atoms in total. The van der Waals surface area contributed by atoms with Crippen molar-refractivity contribution in [2.45, 2.75) is 24.6 Å². The summed E-state index contributed by atoms with van der Waals surface area (Å²) in [5.74, 6) is 1.08. The van der Waals surface area contributed by atoms with E-state index in [4.69, 9.17) is 4.42 Å². The number of halogens is 1. The van der Waals surface area contributed by atoms with E-state index in [2.05, 4.69) is 71.4 Å². The third kappa shape index (κ3) is 2.66. The lowest BCUT2D eigenvalue weighted by atomic mass is 10.0. The maximum Gasteiger partial charge on any atom is 0.107 e. The predicted molar refractivity (Wildman–Crippen MR) is 87.4 cm³/mol. The SMILES string of the molecule is CCc1occc1C(Br)Cc1ccc2ccccc2c1. The van der Waals surface area contributed by atoms with E-state index in [0.29, 0.717) is 4.83 Å². The number of alkyl halides is 1. The standard InChI is InChI=1S/C18H17BrO/c1-2-18-16(9-10-20-18)17(19)12-13-7-8-14-5-3-4-6-15(14)11-13/h3-11,17H,2,12H2,1H3. The number of rotatable bonds is 4. The molecule has 0 aliphatic carbocycles. The van der Waals surface area contributed by atoms with Crippen molar-refractivity contribution in [1.82, 2.24) is 0 Å². The van der Waals surface area contributed by atoms with Gasteiger partial charge in [0.25, 0.3) is 0 Å². The lowest BCUT2D eigenvalue weighted by molar-refractivity contribution is 0.511. The molecule has 1 unspecified atom stereocenters. The Kier molecular flexibility index (Phi) is 3.93. The minimum atomic E-state index is 0.303. The van der Waals surface area contributed by atoms with Crippen LogP contribution in [0.3, 0.4) is 0 Å². The van der Waals surface area contributed by atoms with E-state index in [-0.39, 0.29) is 0 Å². The minimum Gasteiger partial charge on any atom is -0.469 e. The first kappa shape index (κ1) is 13.4. The van der Waals surface area contributed by atoms with Crippen molar-refractivity contribution in [3.63, 3.8) is 0 Å². The largest absolute Gasteiger partial charge is 0.469 e. The zero-order valence-electron chi connectivity index (χ0n) is 11.5. The fraction of sp³-hybridized carbons (Fsp3) is 0.222. The molecule has 2 heteroatoms. The summed E-state index contributed by atoms with van der Waals surface area (Å²) in [5.41, 5.74) is 2.61. The molecular weight excluding hydrogens is 312 g/mol. The molecule has 0 aliphatic heterocycles. The third-order valence-electron chi connectivity index (χ3n) is 3.67.